The minimum Gasteiger partial charge on any atom is -0.309 e. The summed E-state index contributed by atoms with van der Waals surface area (Å²) < 4.78 is 0. The molecule has 0 atom stereocenters. The van der Waals surface area contributed by atoms with Crippen molar-refractivity contribution in [3.8, 4) is 0 Å². The van der Waals surface area contributed by atoms with E-state index in [2.05, 4.69) is 29.2 Å². The number of rotatable bonds is 4. The van der Waals surface area contributed by atoms with Gasteiger partial charge in [0, 0.05) is 0 Å². The van der Waals surface area contributed by atoms with Crippen LogP contribution in [-0.4, -0.2) is 40.5 Å². The third kappa shape index (κ3) is 2.53. The molecule has 0 aliphatic carbocycles. The van der Waals surface area contributed by atoms with Crippen LogP contribution in [0.15, 0.2) is 24.3 Å². The fourth-order valence-corrected chi connectivity index (χ4v) is 1.53. The maximum atomic E-state index is 4.40. The van der Waals surface area contributed by atoms with Crippen molar-refractivity contribution >= 4 is 11.0 Å². The molecular formula is C11H16N4. The van der Waals surface area contributed by atoms with E-state index < -0.39 is 0 Å². The van der Waals surface area contributed by atoms with Crippen LogP contribution in [0, 0.1) is 0 Å². The van der Waals surface area contributed by atoms with Gasteiger partial charge in [-0.1, -0.05) is 12.1 Å². The van der Waals surface area contributed by atoms with E-state index in [0.717, 1.165) is 30.5 Å². The van der Waals surface area contributed by atoms with E-state index in [-0.39, 0.29) is 0 Å². The zero-order valence-electron chi connectivity index (χ0n) is 9.22. The molecule has 0 fully saturated rings. The number of fused-ring (bicyclic) bond motifs is 1. The van der Waals surface area contributed by atoms with Gasteiger partial charge in [0.2, 0.25) is 0 Å². The highest BCUT2D eigenvalue weighted by Gasteiger charge is 2.00. The smallest absolute Gasteiger partial charge is 0.113 e. The molecule has 4 nitrogen and oxygen atoms in total. The van der Waals surface area contributed by atoms with E-state index in [1.807, 2.05) is 24.3 Å². The largest absolute Gasteiger partial charge is 0.309 e. The monoisotopic (exact) mass is 204 g/mol. The van der Waals surface area contributed by atoms with Crippen LogP contribution in [0.3, 0.4) is 0 Å². The summed E-state index contributed by atoms with van der Waals surface area (Å²) in [7, 11) is 4.15. The topological polar surface area (TPSA) is 34.0 Å². The highest BCUT2D eigenvalue weighted by atomic mass is 15.5. The Balaban J connectivity index is 2.03. The molecule has 0 amide bonds. The Kier molecular flexibility index (Phi) is 2.97. The van der Waals surface area contributed by atoms with Crippen molar-refractivity contribution in [3.63, 3.8) is 0 Å². The molecule has 2 aromatic rings. The van der Waals surface area contributed by atoms with Gasteiger partial charge in [-0.05, 0) is 39.2 Å². The van der Waals surface area contributed by atoms with E-state index in [9.17, 15) is 0 Å². The van der Waals surface area contributed by atoms with Crippen molar-refractivity contribution in [2.24, 2.45) is 0 Å². The number of nitrogens with zero attached hydrogens (tertiary/aromatic N) is 4. The first-order valence-electron chi connectivity index (χ1n) is 5.20. The van der Waals surface area contributed by atoms with Gasteiger partial charge in [0.1, 0.15) is 11.0 Å². The first-order valence-corrected chi connectivity index (χ1v) is 5.20. The average Bonchev–Trinajstić information content (AvgIpc) is 2.59. The van der Waals surface area contributed by atoms with Crippen LogP contribution < -0.4 is 0 Å². The zero-order valence-corrected chi connectivity index (χ0v) is 9.22. The van der Waals surface area contributed by atoms with Gasteiger partial charge in [0.25, 0.3) is 0 Å². The van der Waals surface area contributed by atoms with E-state index in [1.54, 1.807) is 4.80 Å². The van der Waals surface area contributed by atoms with Crippen LogP contribution in [0.4, 0.5) is 0 Å². The third-order valence-corrected chi connectivity index (χ3v) is 2.29. The summed E-state index contributed by atoms with van der Waals surface area (Å²) in [5.41, 5.74) is 1.95. The molecule has 0 unspecified atom stereocenters. The second kappa shape index (κ2) is 4.40. The molecular weight excluding hydrogens is 188 g/mol. The molecule has 4 heteroatoms. The van der Waals surface area contributed by atoms with Gasteiger partial charge in [-0.3, -0.25) is 0 Å². The molecule has 0 bridgehead atoms. The van der Waals surface area contributed by atoms with Gasteiger partial charge in [0.15, 0.2) is 0 Å². The second-order valence-corrected chi connectivity index (χ2v) is 3.94. The van der Waals surface area contributed by atoms with Crippen molar-refractivity contribution in [1.29, 1.82) is 0 Å². The Bertz CT molecular complexity index is 400. The normalized spacial score (nSPS) is 11.4. The Labute approximate surface area is 89.5 Å². The van der Waals surface area contributed by atoms with Gasteiger partial charge < -0.3 is 4.90 Å². The fourth-order valence-electron chi connectivity index (χ4n) is 1.53. The first-order chi connectivity index (χ1) is 7.25. The predicted octanol–water partition coefficient (Wildman–Crippen LogP) is 1.38. The standard InChI is InChI=1S/C11H16N4/c1-14(2)8-5-9-15-12-10-6-3-4-7-11(10)13-15/h3-4,6-7H,5,8-9H2,1-2H3. The van der Waals surface area contributed by atoms with Crippen molar-refractivity contribution in [2.75, 3.05) is 20.6 Å². The summed E-state index contributed by atoms with van der Waals surface area (Å²) in [6.07, 6.45) is 1.08. The van der Waals surface area contributed by atoms with Crippen LogP contribution in [0.1, 0.15) is 6.42 Å². The van der Waals surface area contributed by atoms with Gasteiger partial charge in [-0.25, -0.2) is 0 Å². The fraction of sp³-hybridized carbons (Fsp3) is 0.455. The molecule has 15 heavy (non-hydrogen) atoms. The first kappa shape index (κ1) is 10.1. The Morgan fingerprint density at radius 1 is 1.13 bits per heavy atom. The van der Waals surface area contributed by atoms with Gasteiger partial charge in [0.05, 0.1) is 6.54 Å². The number of benzene rings is 1. The van der Waals surface area contributed by atoms with Crippen LogP contribution >= 0.6 is 0 Å². The lowest BCUT2D eigenvalue weighted by Crippen LogP contribution is -2.15. The lowest BCUT2D eigenvalue weighted by atomic mass is 10.3. The maximum Gasteiger partial charge on any atom is 0.113 e. The summed E-state index contributed by atoms with van der Waals surface area (Å²) >= 11 is 0. The molecule has 0 aliphatic rings. The molecule has 0 saturated carbocycles. The predicted molar refractivity (Wildman–Crippen MR) is 60.7 cm³/mol. The molecule has 0 spiro atoms. The van der Waals surface area contributed by atoms with Crippen LogP contribution in [0.25, 0.3) is 11.0 Å². The van der Waals surface area contributed by atoms with Crippen molar-refractivity contribution in [2.45, 2.75) is 13.0 Å². The highest BCUT2D eigenvalue weighted by molar-refractivity contribution is 5.72. The molecule has 0 radical (unpaired) electrons. The molecule has 80 valence electrons. The lowest BCUT2D eigenvalue weighted by Gasteiger charge is -2.07. The number of aromatic nitrogens is 3. The molecule has 1 aromatic heterocycles. The SMILES string of the molecule is CN(C)CCCn1nc2ccccc2n1. The molecule has 1 heterocycles. The Morgan fingerprint density at radius 2 is 1.73 bits per heavy atom. The van der Waals surface area contributed by atoms with Crippen molar-refractivity contribution in [3.05, 3.63) is 24.3 Å². The van der Waals surface area contributed by atoms with Crippen molar-refractivity contribution < 1.29 is 0 Å². The number of hydrogen-bond donors (Lipinski definition) is 0. The van der Waals surface area contributed by atoms with E-state index in [1.165, 1.54) is 0 Å². The summed E-state index contributed by atoms with van der Waals surface area (Å²) in [5, 5.41) is 8.79. The molecule has 0 aliphatic heterocycles. The maximum absolute atomic E-state index is 4.40. The number of hydrogen-bond acceptors (Lipinski definition) is 3. The molecule has 1 aromatic carbocycles. The van der Waals surface area contributed by atoms with E-state index in [0.29, 0.717) is 0 Å². The van der Waals surface area contributed by atoms with E-state index >= 15 is 0 Å². The van der Waals surface area contributed by atoms with Crippen LogP contribution in [0.5, 0.6) is 0 Å². The second-order valence-electron chi connectivity index (χ2n) is 3.94. The van der Waals surface area contributed by atoms with E-state index in [4.69, 9.17) is 0 Å². The highest BCUT2D eigenvalue weighted by Crippen LogP contribution is 2.07. The quantitative estimate of drug-likeness (QED) is 0.754. The van der Waals surface area contributed by atoms with Gasteiger partial charge >= 0.3 is 0 Å². The molecule has 0 saturated heterocycles. The third-order valence-electron chi connectivity index (χ3n) is 2.29. The Hall–Kier alpha value is -1.42. The van der Waals surface area contributed by atoms with Crippen LogP contribution in [0.2, 0.25) is 0 Å². The molecule has 2 rings (SSSR count). The summed E-state index contributed by atoms with van der Waals surface area (Å²) in [5.74, 6) is 0. The van der Waals surface area contributed by atoms with Crippen molar-refractivity contribution in [1.82, 2.24) is 19.9 Å². The minimum absolute atomic E-state index is 0.882. The zero-order chi connectivity index (χ0) is 10.7. The summed E-state index contributed by atoms with van der Waals surface area (Å²) in [6.45, 7) is 1.95. The summed E-state index contributed by atoms with van der Waals surface area (Å²) in [4.78, 5) is 3.96. The van der Waals surface area contributed by atoms with Gasteiger partial charge in [-0.2, -0.15) is 15.0 Å². The minimum atomic E-state index is 0.882. The average molecular weight is 204 g/mol. The molecule has 0 N–H and O–H groups in total. The number of aryl methyl sites for hydroxylation is 1. The van der Waals surface area contributed by atoms with Crippen LogP contribution in [-0.2, 0) is 6.54 Å². The Morgan fingerprint density at radius 3 is 2.27 bits per heavy atom. The summed E-state index contributed by atoms with van der Waals surface area (Å²) in [6, 6.07) is 7.96. The lowest BCUT2D eigenvalue weighted by molar-refractivity contribution is 0.372. The van der Waals surface area contributed by atoms with Gasteiger partial charge in [-0.15, -0.1) is 0 Å².